The number of nitrogens with one attached hydrogen (secondary N) is 1. The van der Waals surface area contributed by atoms with Gasteiger partial charge in [0.15, 0.2) is 0 Å². The summed E-state index contributed by atoms with van der Waals surface area (Å²) in [5, 5.41) is 3.59. The average molecular weight is 260 g/mol. The first-order valence-electron chi connectivity index (χ1n) is 7.51. The molecule has 0 saturated carbocycles. The molecule has 2 aliphatic rings. The third-order valence-corrected chi connectivity index (χ3v) is 4.17. The van der Waals surface area contributed by atoms with Crippen LogP contribution in [0.1, 0.15) is 31.7 Å². The van der Waals surface area contributed by atoms with Crippen molar-refractivity contribution in [1.82, 2.24) is 5.32 Å². The van der Waals surface area contributed by atoms with E-state index in [-0.39, 0.29) is 0 Å². The van der Waals surface area contributed by atoms with E-state index >= 15 is 0 Å². The number of hydrogen-bond acceptors (Lipinski definition) is 3. The van der Waals surface area contributed by atoms with E-state index in [9.17, 15) is 0 Å². The first-order chi connectivity index (χ1) is 9.33. The number of benzene rings is 1. The number of ether oxygens (including phenoxy) is 1. The predicted octanol–water partition coefficient (Wildman–Crippen LogP) is 2.55. The third-order valence-electron chi connectivity index (χ3n) is 4.17. The summed E-state index contributed by atoms with van der Waals surface area (Å²) in [6.07, 6.45) is 4.16. The molecular formula is C16H24N2O. The van der Waals surface area contributed by atoms with Crippen LogP contribution in [0.5, 0.6) is 0 Å². The summed E-state index contributed by atoms with van der Waals surface area (Å²) in [5.74, 6) is 0. The summed E-state index contributed by atoms with van der Waals surface area (Å²) >= 11 is 0. The van der Waals surface area contributed by atoms with Crippen LogP contribution >= 0.6 is 0 Å². The van der Waals surface area contributed by atoms with Gasteiger partial charge in [-0.15, -0.1) is 0 Å². The van der Waals surface area contributed by atoms with Crippen molar-refractivity contribution in [2.24, 2.45) is 0 Å². The second-order valence-corrected chi connectivity index (χ2v) is 5.80. The fourth-order valence-corrected chi connectivity index (χ4v) is 3.12. The van der Waals surface area contributed by atoms with Gasteiger partial charge >= 0.3 is 0 Å². The number of rotatable bonds is 2. The van der Waals surface area contributed by atoms with E-state index in [1.54, 1.807) is 0 Å². The summed E-state index contributed by atoms with van der Waals surface area (Å²) in [6.45, 7) is 6.27. The van der Waals surface area contributed by atoms with Gasteiger partial charge in [0.2, 0.25) is 0 Å². The normalized spacial score (nSPS) is 27.7. The van der Waals surface area contributed by atoms with E-state index in [1.165, 1.54) is 30.5 Å². The van der Waals surface area contributed by atoms with Crippen LogP contribution in [-0.2, 0) is 11.3 Å². The van der Waals surface area contributed by atoms with Crippen LogP contribution in [0, 0.1) is 0 Å². The van der Waals surface area contributed by atoms with Gasteiger partial charge in [0.25, 0.3) is 0 Å². The molecule has 1 N–H and O–H groups in total. The lowest BCUT2D eigenvalue weighted by atomic mass is 10.1. The molecule has 104 valence electrons. The lowest BCUT2D eigenvalue weighted by Crippen LogP contribution is -2.41. The van der Waals surface area contributed by atoms with Gasteiger partial charge in [-0.05, 0) is 37.8 Å². The molecule has 1 saturated heterocycles. The van der Waals surface area contributed by atoms with Crippen molar-refractivity contribution in [2.75, 3.05) is 24.6 Å². The predicted molar refractivity (Wildman–Crippen MR) is 78.5 cm³/mol. The molecule has 3 heteroatoms. The number of para-hydroxylation sites is 1. The van der Waals surface area contributed by atoms with Crippen molar-refractivity contribution in [3.8, 4) is 0 Å². The highest BCUT2D eigenvalue weighted by molar-refractivity contribution is 5.54. The monoisotopic (exact) mass is 260 g/mol. The van der Waals surface area contributed by atoms with E-state index in [2.05, 4.69) is 41.4 Å². The average Bonchev–Trinajstić information content (AvgIpc) is 2.60. The maximum absolute atomic E-state index is 5.91. The van der Waals surface area contributed by atoms with Gasteiger partial charge in [0.1, 0.15) is 0 Å². The minimum atomic E-state index is 0.409. The Labute approximate surface area is 115 Å². The summed E-state index contributed by atoms with van der Waals surface area (Å²) < 4.78 is 5.91. The van der Waals surface area contributed by atoms with Crippen LogP contribution in [0.15, 0.2) is 24.3 Å². The Hall–Kier alpha value is -1.06. The number of anilines is 1. The van der Waals surface area contributed by atoms with Crippen LogP contribution in [0.3, 0.4) is 0 Å². The maximum atomic E-state index is 5.91. The summed E-state index contributed by atoms with van der Waals surface area (Å²) in [6, 6.07) is 9.28. The Kier molecular flexibility index (Phi) is 4.04. The van der Waals surface area contributed by atoms with Gasteiger partial charge < -0.3 is 15.0 Å². The molecule has 19 heavy (non-hydrogen) atoms. The van der Waals surface area contributed by atoms with Crippen molar-refractivity contribution in [1.29, 1.82) is 0 Å². The Morgan fingerprint density at radius 2 is 2.21 bits per heavy atom. The van der Waals surface area contributed by atoms with E-state index in [0.717, 1.165) is 26.2 Å². The zero-order chi connectivity index (χ0) is 13.1. The SMILES string of the molecule is CC1CN(CC2CCCCO2)c2ccccc2CN1. The van der Waals surface area contributed by atoms with Crippen LogP contribution in [-0.4, -0.2) is 31.8 Å². The fourth-order valence-electron chi connectivity index (χ4n) is 3.12. The number of hydrogen-bond donors (Lipinski definition) is 1. The molecule has 0 spiro atoms. The molecular weight excluding hydrogens is 236 g/mol. The zero-order valence-electron chi connectivity index (χ0n) is 11.8. The molecule has 2 unspecified atom stereocenters. The summed E-state index contributed by atoms with van der Waals surface area (Å²) in [4.78, 5) is 2.51. The molecule has 2 atom stereocenters. The molecule has 1 fully saturated rings. The molecule has 0 amide bonds. The molecule has 1 aromatic rings. The second-order valence-electron chi connectivity index (χ2n) is 5.80. The molecule has 1 aromatic carbocycles. The van der Waals surface area contributed by atoms with E-state index in [0.29, 0.717) is 12.1 Å². The van der Waals surface area contributed by atoms with E-state index in [1.807, 2.05) is 0 Å². The molecule has 0 bridgehead atoms. The first-order valence-corrected chi connectivity index (χ1v) is 7.51. The van der Waals surface area contributed by atoms with Gasteiger partial charge in [-0.1, -0.05) is 18.2 Å². The lowest BCUT2D eigenvalue weighted by molar-refractivity contribution is 0.0209. The van der Waals surface area contributed by atoms with Crippen LogP contribution in [0.2, 0.25) is 0 Å². The van der Waals surface area contributed by atoms with Crippen LogP contribution < -0.4 is 10.2 Å². The highest BCUT2D eigenvalue weighted by Gasteiger charge is 2.23. The molecule has 0 aliphatic carbocycles. The minimum Gasteiger partial charge on any atom is -0.376 e. The highest BCUT2D eigenvalue weighted by Crippen LogP contribution is 2.25. The smallest absolute Gasteiger partial charge is 0.0749 e. The van der Waals surface area contributed by atoms with Gasteiger partial charge in [-0.3, -0.25) is 0 Å². The Morgan fingerprint density at radius 1 is 1.32 bits per heavy atom. The molecule has 0 aromatic heterocycles. The molecule has 2 heterocycles. The Morgan fingerprint density at radius 3 is 3.05 bits per heavy atom. The standard InChI is InChI=1S/C16H24N2O/c1-13-11-18(12-15-7-4-5-9-19-15)16-8-3-2-6-14(16)10-17-13/h2-3,6,8,13,15,17H,4-5,7,9-12H2,1H3. The summed E-state index contributed by atoms with van der Waals surface area (Å²) in [5.41, 5.74) is 2.79. The van der Waals surface area contributed by atoms with Gasteiger partial charge in [0, 0.05) is 38.0 Å². The Balaban J connectivity index is 1.77. The van der Waals surface area contributed by atoms with Crippen molar-refractivity contribution >= 4 is 5.69 Å². The highest BCUT2D eigenvalue weighted by atomic mass is 16.5. The van der Waals surface area contributed by atoms with Crippen LogP contribution in [0.4, 0.5) is 5.69 Å². The Bertz CT molecular complexity index is 415. The molecule has 0 radical (unpaired) electrons. The zero-order valence-corrected chi connectivity index (χ0v) is 11.8. The topological polar surface area (TPSA) is 24.5 Å². The molecule has 3 nitrogen and oxygen atoms in total. The summed E-state index contributed by atoms with van der Waals surface area (Å²) in [7, 11) is 0. The quantitative estimate of drug-likeness (QED) is 0.884. The van der Waals surface area contributed by atoms with Gasteiger partial charge in [0.05, 0.1) is 6.10 Å². The molecule has 3 rings (SSSR count). The number of nitrogens with zero attached hydrogens (tertiary/aromatic N) is 1. The molecule has 2 aliphatic heterocycles. The maximum Gasteiger partial charge on any atom is 0.0749 e. The largest absolute Gasteiger partial charge is 0.376 e. The number of fused-ring (bicyclic) bond motifs is 1. The van der Waals surface area contributed by atoms with Crippen molar-refractivity contribution < 1.29 is 4.74 Å². The lowest BCUT2D eigenvalue weighted by Gasteiger charge is -2.32. The van der Waals surface area contributed by atoms with Crippen LogP contribution in [0.25, 0.3) is 0 Å². The van der Waals surface area contributed by atoms with Crippen molar-refractivity contribution in [2.45, 2.75) is 44.9 Å². The van der Waals surface area contributed by atoms with Gasteiger partial charge in [-0.25, -0.2) is 0 Å². The van der Waals surface area contributed by atoms with Crippen molar-refractivity contribution in [3.63, 3.8) is 0 Å². The second kappa shape index (κ2) is 5.93. The van der Waals surface area contributed by atoms with Crippen molar-refractivity contribution in [3.05, 3.63) is 29.8 Å². The van der Waals surface area contributed by atoms with E-state index < -0.39 is 0 Å². The third kappa shape index (κ3) is 3.10. The first kappa shape index (κ1) is 12.9. The van der Waals surface area contributed by atoms with Gasteiger partial charge in [-0.2, -0.15) is 0 Å². The van der Waals surface area contributed by atoms with E-state index in [4.69, 9.17) is 4.74 Å². The fraction of sp³-hybridized carbons (Fsp3) is 0.625. The minimum absolute atomic E-state index is 0.409.